The van der Waals surface area contributed by atoms with Gasteiger partial charge >= 0.3 is 0 Å². The Bertz CT molecular complexity index is 737. The maximum atomic E-state index is 12.8. The summed E-state index contributed by atoms with van der Waals surface area (Å²) in [6, 6.07) is 1.80. The van der Waals surface area contributed by atoms with Crippen LogP contribution in [0.3, 0.4) is 0 Å². The second-order valence-electron chi connectivity index (χ2n) is 6.03. The minimum absolute atomic E-state index is 0.0216. The van der Waals surface area contributed by atoms with Gasteiger partial charge in [-0.2, -0.15) is 5.10 Å². The average molecular weight is 328 g/mol. The molecule has 0 unspecified atom stereocenters. The van der Waals surface area contributed by atoms with Crippen LogP contribution in [0.25, 0.3) is 0 Å². The van der Waals surface area contributed by atoms with Gasteiger partial charge in [0, 0.05) is 57.1 Å². The third-order valence-corrected chi connectivity index (χ3v) is 4.49. The van der Waals surface area contributed by atoms with E-state index in [0.717, 1.165) is 37.5 Å². The molecular weight excluding hydrogens is 308 g/mol. The number of amides is 1. The minimum Gasteiger partial charge on any atom is -0.478 e. The molecule has 0 atom stereocenters. The van der Waals surface area contributed by atoms with Gasteiger partial charge in [-0.05, 0) is 13.0 Å². The molecule has 0 radical (unpaired) electrons. The van der Waals surface area contributed by atoms with Crippen LogP contribution in [-0.4, -0.2) is 63.3 Å². The van der Waals surface area contributed by atoms with Gasteiger partial charge in [-0.1, -0.05) is 0 Å². The second kappa shape index (κ2) is 6.10. The molecule has 1 saturated heterocycles. The van der Waals surface area contributed by atoms with E-state index in [2.05, 4.69) is 20.0 Å². The molecule has 2 aromatic heterocycles. The van der Waals surface area contributed by atoms with E-state index in [1.54, 1.807) is 23.1 Å². The number of nitrogens with zero attached hydrogens (tertiary/aromatic N) is 6. The quantitative estimate of drug-likeness (QED) is 0.809. The van der Waals surface area contributed by atoms with Crippen molar-refractivity contribution in [2.75, 3.05) is 37.7 Å². The molecule has 126 valence electrons. The highest BCUT2D eigenvalue weighted by atomic mass is 16.5. The fraction of sp³-hybridized carbons (Fsp3) is 0.500. The molecular formula is C16H20N6O2. The van der Waals surface area contributed by atoms with Crippen LogP contribution in [0, 0.1) is 6.92 Å². The largest absolute Gasteiger partial charge is 0.478 e. The van der Waals surface area contributed by atoms with E-state index >= 15 is 0 Å². The third-order valence-electron chi connectivity index (χ3n) is 4.49. The van der Waals surface area contributed by atoms with Gasteiger partial charge in [-0.25, -0.2) is 14.6 Å². The molecule has 1 fully saturated rings. The number of hydrogen-bond acceptors (Lipinski definition) is 6. The summed E-state index contributed by atoms with van der Waals surface area (Å²) in [5.41, 5.74) is 1.35. The Kier molecular flexibility index (Phi) is 3.79. The normalized spacial score (nSPS) is 17.4. The first-order chi connectivity index (χ1) is 11.7. The van der Waals surface area contributed by atoms with Crippen molar-refractivity contribution in [1.29, 1.82) is 0 Å². The molecule has 0 saturated carbocycles. The Labute approximate surface area is 140 Å². The minimum atomic E-state index is -0.0216. The van der Waals surface area contributed by atoms with Crippen molar-refractivity contribution in [2.45, 2.75) is 19.9 Å². The van der Waals surface area contributed by atoms with Crippen molar-refractivity contribution in [3.05, 3.63) is 29.7 Å². The lowest BCUT2D eigenvalue weighted by Crippen LogP contribution is -2.49. The van der Waals surface area contributed by atoms with Crippen molar-refractivity contribution < 1.29 is 9.53 Å². The lowest BCUT2D eigenvalue weighted by Gasteiger charge is -2.34. The van der Waals surface area contributed by atoms with Gasteiger partial charge in [0.15, 0.2) is 5.69 Å². The summed E-state index contributed by atoms with van der Waals surface area (Å²) in [6.45, 7) is 6.13. The number of aryl methyl sites for hydroxylation is 1. The van der Waals surface area contributed by atoms with Crippen LogP contribution < -0.4 is 9.64 Å². The van der Waals surface area contributed by atoms with Crippen LogP contribution in [0.2, 0.25) is 0 Å². The molecule has 24 heavy (non-hydrogen) atoms. The summed E-state index contributed by atoms with van der Waals surface area (Å²) >= 11 is 0. The predicted octanol–water partition coefficient (Wildman–Crippen LogP) is 0.726. The van der Waals surface area contributed by atoms with Crippen LogP contribution in [-0.2, 0) is 6.54 Å². The summed E-state index contributed by atoms with van der Waals surface area (Å²) in [4.78, 5) is 25.3. The monoisotopic (exact) mass is 328 g/mol. The van der Waals surface area contributed by atoms with Crippen LogP contribution in [0.15, 0.2) is 18.5 Å². The number of anilines is 1. The molecule has 4 rings (SSSR count). The zero-order chi connectivity index (χ0) is 16.5. The van der Waals surface area contributed by atoms with E-state index in [0.29, 0.717) is 31.3 Å². The molecule has 0 aliphatic carbocycles. The first-order valence-corrected chi connectivity index (χ1v) is 8.25. The smallest absolute Gasteiger partial charge is 0.274 e. The van der Waals surface area contributed by atoms with E-state index in [1.807, 2.05) is 11.8 Å². The molecule has 0 aromatic carbocycles. The molecule has 0 bridgehead atoms. The van der Waals surface area contributed by atoms with Gasteiger partial charge in [0.2, 0.25) is 11.8 Å². The van der Waals surface area contributed by atoms with Crippen LogP contribution >= 0.6 is 0 Å². The first-order valence-electron chi connectivity index (χ1n) is 8.25. The Balaban J connectivity index is 1.46. The molecule has 0 N–H and O–H groups in total. The number of ether oxygens (including phenoxy) is 1. The molecule has 2 aliphatic rings. The Morgan fingerprint density at radius 2 is 1.88 bits per heavy atom. The molecule has 8 nitrogen and oxygen atoms in total. The summed E-state index contributed by atoms with van der Waals surface area (Å²) in [7, 11) is 0. The maximum Gasteiger partial charge on any atom is 0.274 e. The number of hydrogen-bond donors (Lipinski definition) is 0. The van der Waals surface area contributed by atoms with Crippen molar-refractivity contribution in [2.24, 2.45) is 0 Å². The number of rotatable bonds is 2. The molecule has 8 heteroatoms. The van der Waals surface area contributed by atoms with Crippen LogP contribution in [0.5, 0.6) is 5.88 Å². The molecule has 2 aliphatic heterocycles. The zero-order valence-corrected chi connectivity index (χ0v) is 13.7. The number of aromatic nitrogens is 4. The van der Waals surface area contributed by atoms with Crippen LogP contribution in [0.4, 0.5) is 5.95 Å². The average Bonchev–Trinajstić information content (AvgIpc) is 2.99. The summed E-state index contributed by atoms with van der Waals surface area (Å²) in [5, 5.41) is 4.46. The first kappa shape index (κ1) is 14.9. The maximum absolute atomic E-state index is 12.8. The molecule has 1 amide bonds. The van der Waals surface area contributed by atoms with E-state index in [9.17, 15) is 4.79 Å². The highest BCUT2D eigenvalue weighted by molar-refractivity contribution is 5.94. The van der Waals surface area contributed by atoms with Gasteiger partial charge in [-0.3, -0.25) is 4.79 Å². The fourth-order valence-electron chi connectivity index (χ4n) is 3.17. The van der Waals surface area contributed by atoms with E-state index in [-0.39, 0.29) is 5.91 Å². The lowest BCUT2D eigenvalue weighted by atomic mass is 10.2. The van der Waals surface area contributed by atoms with Gasteiger partial charge in [-0.15, -0.1) is 0 Å². The van der Waals surface area contributed by atoms with Crippen molar-refractivity contribution in [1.82, 2.24) is 24.6 Å². The lowest BCUT2D eigenvalue weighted by molar-refractivity contribution is 0.0738. The van der Waals surface area contributed by atoms with Gasteiger partial charge < -0.3 is 14.5 Å². The fourth-order valence-corrected chi connectivity index (χ4v) is 3.17. The van der Waals surface area contributed by atoms with Gasteiger partial charge in [0.1, 0.15) is 0 Å². The summed E-state index contributed by atoms with van der Waals surface area (Å²) in [6.07, 6.45) is 4.40. The number of carbonyl (C=O) groups is 1. The standard InChI is InChI=1S/C16H20N6O2/c1-12-13(19-22-6-3-11-24-15(12)22)14(23)20-7-9-21(10-8-20)16-17-4-2-5-18-16/h2,4-5H,3,6-11H2,1H3. The Hall–Kier alpha value is -2.64. The zero-order valence-electron chi connectivity index (χ0n) is 13.7. The second-order valence-corrected chi connectivity index (χ2v) is 6.03. The van der Waals surface area contributed by atoms with Crippen molar-refractivity contribution >= 4 is 11.9 Å². The van der Waals surface area contributed by atoms with Crippen LogP contribution in [0.1, 0.15) is 22.5 Å². The topological polar surface area (TPSA) is 76.4 Å². The summed E-state index contributed by atoms with van der Waals surface area (Å²) in [5.74, 6) is 1.43. The number of piperazine rings is 1. The third kappa shape index (κ3) is 2.57. The Morgan fingerprint density at radius 1 is 1.12 bits per heavy atom. The van der Waals surface area contributed by atoms with E-state index in [1.165, 1.54) is 0 Å². The van der Waals surface area contributed by atoms with E-state index in [4.69, 9.17) is 4.74 Å². The number of fused-ring (bicyclic) bond motifs is 1. The van der Waals surface area contributed by atoms with Gasteiger partial charge in [0.05, 0.1) is 6.61 Å². The molecule has 0 spiro atoms. The highest BCUT2D eigenvalue weighted by Crippen LogP contribution is 2.26. The number of carbonyl (C=O) groups excluding carboxylic acids is 1. The van der Waals surface area contributed by atoms with Crippen molar-refractivity contribution in [3.8, 4) is 5.88 Å². The molecule has 4 heterocycles. The van der Waals surface area contributed by atoms with Crippen molar-refractivity contribution in [3.63, 3.8) is 0 Å². The summed E-state index contributed by atoms with van der Waals surface area (Å²) < 4.78 is 7.46. The van der Waals surface area contributed by atoms with E-state index < -0.39 is 0 Å². The highest BCUT2D eigenvalue weighted by Gasteiger charge is 2.29. The molecule has 2 aromatic rings. The predicted molar refractivity (Wildman–Crippen MR) is 87.2 cm³/mol. The SMILES string of the molecule is Cc1c(C(=O)N2CCN(c3ncccn3)CC2)nn2c1OCCC2. The Morgan fingerprint density at radius 3 is 2.58 bits per heavy atom. The van der Waals surface area contributed by atoms with Gasteiger partial charge in [0.25, 0.3) is 5.91 Å².